The predicted molar refractivity (Wildman–Crippen MR) is 110 cm³/mol. The quantitative estimate of drug-likeness (QED) is 0.756. The van der Waals surface area contributed by atoms with Gasteiger partial charge in [-0.2, -0.15) is 4.31 Å². The van der Waals surface area contributed by atoms with Crippen molar-refractivity contribution in [3.8, 4) is 0 Å². The lowest BCUT2D eigenvalue weighted by Crippen LogP contribution is -2.36. The van der Waals surface area contributed by atoms with Crippen LogP contribution in [0.25, 0.3) is 0 Å². The Labute approximate surface area is 170 Å². The number of carbonyl (C=O) groups excluding carboxylic acids is 2. The molecule has 29 heavy (non-hydrogen) atoms. The molecule has 1 amide bonds. The normalized spacial score (nSPS) is 15.0. The van der Waals surface area contributed by atoms with Gasteiger partial charge in [0, 0.05) is 18.8 Å². The number of ether oxygens (including phenoxy) is 1. The van der Waals surface area contributed by atoms with Gasteiger partial charge in [0.2, 0.25) is 10.0 Å². The highest BCUT2D eigenvalue weighted by Gasteiger charge is 2.29. The molecule has 1 N–H and O–H groups in total. The minimum atomic E-state index is -3.77. The fourth-order valence-electron chi connectivity index (χ4n) is 3.31. The van der Waals surface area contributed by atoms with Crippen molar-refractivity contribution in [3.63, 3.8) is 0 Å². The highest BCUT2D eigenvalue weighted by atomic mass is 32.2. The molecule has 7 nitrogen and oxygen atoms in total. The summed E-state index contributed by atoms with van der Waals surface area (Å²) < 4.78 is 32.3. The Morgan fingerprint density at radius 3 is 2.41 bits per heavy atom. The molecule has 0 aromatic heterocycles. The number of benzene rings is 2. The number of rotatable bonds is 5. The van der Waals surface area contributed by atoms with Crippen LogP contribution < -0.4 is 5.32 Å². The number of anilines is 1. The van der Waals surface area contributed by atoms with Crippen molar-refractivity contribution in [2.75, 3.05) is 25.5 Å². The lowest BCUT2D eigenvalue weighted by molar-refractivity contribution is 0.0600. The van der Waals surface area contributed by atoms with Crippen LogP contribution in [-0.4, -0.2) is 44.8 Å². The third kappa shape index (κ3) is 4.49. The molecule has 1 aliphatic heterocycles. The highest BCUT2D eigenvalue weighted by molar-refractivity contribution is 7.89. The number of carbonyl (C=O) groups is 2. The summed E-state index contributed by atoms with van der Waals surface area (Å²) >= 11 is 0. The molecular formula is C21H24N2O5S. The van der Waals surface area contributed by atoms with E-state index in [1.807, 2.05) is 0 Å². The topological polar surface area (TPSA) is 92.8 Å². The van der Waals surface area contributed by atoms with Crippen LogP contribution in [0.5, 0.6) is 0 Å². The number of sulfonamides is 1. The van der Waals surface area contributed by atoms with Crippen molar-refractivity contribution in [2.45, 2.75) is 31.1 Å². The molecule has 0 spiro atoms. The molecule has 2 aromatic rings. The van der Waals surface area contributed by atoms with Gasteiger partial charge in [-0.1, -0.05) is 24.6 Å². The first-order chi connectivity index (χ1) is 13.8. The van der Waals surface area contributed by atoms with Crippen LogP contribution in [0, 0.1) is 6.92 Å². The minimum Gasteiger partial charge on any atom is -0.465 e. The molecule has 0 aliphatic carbocycles. The maximum Gasteiger partial charge on any atom is 0.337 e. The lowest BCUT2D eigenvalue weighted by atomic mass is 10.1. The molecule has 0 unspecified atom stereocenters. The fraction of sp³-hybridized carbons (Fsp3) is 0.333. The second-order valence-electron chi connectivity index (χ2n) is 6.94. The third-order valence-electron chi connectivity index (χ3n) is 4.97. The van der Waals surface area contributed by atoms with Crippen LogP contribution in [0.1, 0.15) is 45.5 Å². The highest BCUT2D eigenvalue weighted by Crippen LogP contribution is 2.25. The molecule has 8 heteroatoms. The summed E-state index contributed by atoms with van der Waals surface area (Å²) in [5, 5.41) is 2.73. The molecule has 0 atom stereocenters. The monoisotopic (exact) mass is 416 g/mol. The number of methoxy groups -OCH3 is 1. The Hall–Kier alpha value is -2.71. The van der Waals surface area contributed by atoms with E-state index in [1.54, 1.807) is 31.2 Å². The van der Waals surface area contributed by atoms with Gasteiger partial charge in [-0.15, -0.1) is 0 Å². The van der Waals surface area contributed by atoms with Crippen LogP contribution in [-0.2, 0) is 14.8 Å². The minimum absolute atomic E-state index is 0.0128. The number of aryl methyl sites for hydroxylation is 1. The van der Waals surface area contributed by atoms with Crippen molar-refractivity contribution in [3.05, 3.63) is 59.2 Å². The zero-order chi connectivity index (χ0) is 21.0. The number of hydrogen-bond acceptors (Lipinski definition) is 5. The molecule has 3 rings (SSSR count). The fourth-order valence-corrected chi connectivity index (χ4v) is 5.02. The van der Waals surface area contributed by atoms with Gasteiger partial charge in [0.15, 0.2) is 0 Å². The van der Waals surface area contributed by atoms with Crippen LogP contribution in [0.2, 0.25) is 0 Å². The summed E-state index contributed by atoms with van der Waals surface area (Å²) in [7, 11) is -2.49. The zero-order valence-corrected chi connectivity index (χ0v) is 17.3. The third-order valence-corrected chi connectivity index (χ3v) is 6.93. The Balaban J connectivity index is 1.93. The van der Waals surface area contributed by atoms with Gasteiger partial charge in [0.05, 0.1) is 23.1 Å². The SMILES string of the molecule is COC(=O)c1ccc(C)c(NC(=O)c2ccccc2S(=O)(=O)N2CCCCC2)c1. The second-order valence-corrected chi connectivity index (χ2v) is 8.84. The summed E-state index contributed by atoms with van der Waals surface area (Å²) in [5.41, 5.74) is 1.52. The van der Waals surface area contributed by atoms with E-state index in [1.165, 1.54) is 29.6 Å². The molecule has 1 heterocycles. The van der Waals surface area contributed by atoms with Crippen LogP contribution in [0.4, 0.5) is 5.69 Å². The van der Waals surface area contributed by atoms with Crippen LogP contribution >= 0.6 is 0 Å². The molecule has 154 valence electrons. The second kappa shape index (κ2) is 8.75. The first-order valence-corrected chi connectivity index (χ1v) is 10.9. The Bertz CT molecular complexity index is 1030. The van der Waals surface area contributed by atoms with Crippen molar-refractivity contribution in [1.82, 2.24) is 4.31 Å². The summed E-state index contributed by atoms with van der Waals surface area (Å²) in [6.45, 7) is 2.70. The summed E-state index contributed by atoms with van der Waals surface area (Å²) in [4.78, 5) is 24.7. The number of esters is 1. The molecule has 0 saturated carbocycles. The number of piperidine rings is 1. The number of amides is 1. The number of nitrogens with zero attached hydrogens (tertiary/aromatic N) is 1. The predicted octanol–water partition coefficient (Wildman–Crippen LogP) is 3.21. The Morgan fingerprint density at radius 1 is 1.03 bits per heavy atom. The van der Waals surface area contributed by atoms with E-state index in [9.17, 15) is 18.0 Å². The molecule has 1 fully saturated rings. The van der Waals surface area contributed by atoms with Crippen molar-refractivity contribution in [1.29, 1.82) is 0 Å². The largest absolute Gasteiger partial charge is 0.465 e. The number of nitrogens with one attached hydrogen (secondary N) is 1. The van der Waals surface area contributed by atoms with Gasteiger partial charge < -0.3 is 10.1 Å². The van der Waals surface area contributed by atoms with Gasteiger partial charge in [-0.05, 0) is 49.6 Å². The Morgan fingerprint density at radius 2 is 1.72 bits per heavy atom. The standard InChI is InChI=1S/C21H24N2O5S/c1-15-10-11-16(21(25)28-2)14-18(15)22-20(24)17-8-4-5-9-19(17)29(26,27)23-12-6-3-7-13-23/h4-5,8-11,14H,3,6-7,12-13H2,1-2H3,(H,22,24). The van der Waals surface area contributed by atoms with Crippen LogP contribution in [0.15, 0.2) is 47.4 Å². The van der Waals surface area contributed by atoms with Gasteiger partial charge in [-0.3, -0.25) is 4.79 Å². The molecule has 0 radical (unpaired) electrons. The zero-order valence-electron chi connectivity index (χ0n) is 16.5. The van der Waals surface area contributed by atoms with E-state index < -0.39 is 21.9 Å². The molecule has 1 aliphatic rings. The first-order valence-electron chi connectivity index (χ1n) is 9.44. The van der Waals surface area contributed by atoms with Gasteiger partial charge in [0.25, 0.3) is 5.91 Å². The van der Waals surface area contributed by atoms with Crippen molar-refractivity contribution >= 4 is 27.6 Å². The van der Waals surface area contributed by atoms with Crippen molar-refractivity contribution < 1.29 is 22.7 Å². The summed E-state index contributed by atoms with van der Waals surface area (Å²) in [5.74, 6) is -1.07. The van der Waals surface area contributed by atoms with E-state index in [-0.39, 0.29) is 10.5 Å². The van der Waals surface area contributed by atoms with Gasteiger partial charge in [0.1, 0.15) is 0 Å². The average molecular weight is 416 g/mol. The molecular weight excluding hydrogens is 392 g/mol. The van der Waals surface area contributed by atoms with Gasteiger partial charge >= 0.3 is 5.97 Å². The number of hydrogen-bond donors (Lipinski definition) is 1. The van der Waals surface area contributed by atoms with E-state index in [2.05, 4.69) is 5.32 Å². The lowest BCUT2D eigenvalue weighted by Gasteiger charge is -2.26. The molecule has 2 aromatic carbocycles. The average Bonchev–Trinajstić information content (AvgIpc) is 2.75. The molecule has 1 saturated heterocycles. The maximum absolute atomic E-state index is 13.1. The summed E-state index contributed by atoms with van der Waals surface area (Å²) in [6, 6.07) is 11.0. The summed E-state index contributed by atoms with van der Waals surface area (Å²) in [6.07, 6.45) is 2.63. The maximum atomic E-state index is 13.1. The Kier molecular flexibility index (Phi) is 6.34. The van der Waals surface area contributed by atoms with Crippen molar-refractivity contribution in [2.24, 2.45) is 0 Å². The van der Waals surface area contributed by atoms with E-state index in [4.69, 9.17) is 4.74 Å². The van der Waals surface area contributed by atoms with E-state index in [0.717, 1.165) is 24.8 Å². The van der Waals surface area contributed by atoms with E-state index in [0.29, 0.717) is 24.3 Å². The smallest absolute Gasteiger partial charge is 0.337 e. The van der Waals surface area contributed by atoms with Gasteiger partial charge in [-0.25, -0.2) is 13.2 Å². The van der Waals surface area contributed by atoms with E-state index >= 15 is 0 Å². The first kappa shape index (κ1) is 21.0. The molecule has 0 bridgehead atoms. The van der Waals surface area contributed by atoms with Crippen LogP contribution in [0.3, 0.4) is 0 Å².